The van der Waals surface area contributed by atoms with Crippen molar-refractivity contribution in [3.63, 3.8) is 0 Å². The molecular formula is C45H59NO8. The second kappa shape index (κ2) is 14.2. The number of carbonyl (C=O) groups excluding carboxylic acids is 3. The van der Waals surface area contributed by atoms with Crippen molar-refractivity contribution in [1.29, 1.82) is 0 Å². The van der Waals surface area contributed by atoms with E-state index in [1.807, 2.05) is 39.0 Å². The van der Waals surface area contributed by atoms with E-state index in [9.17, 15) is 19.8 Å². The Labute approximate surface area is 320 Å². The van der Waals surface area contributed by atoms with Crippen molar-refractivity contribution < 1.29 is 38.8 Å². The highest BCUT2D eigenvalue weighted by atomic mass is 16.6. The smallest absolute Gasteiger partial charge is 0.313 e. The van der Waals surface area contributed by atoms with Crippen molar-refractivity contribution >= 4 is 17.7 Å². The Morgan fingerprint density at radius 3 is 2.39 bits per heavy atom. The fourth-order valence-electron chi connectivity index (χ4n) is 10.6. The molecule has 9 heteroatoms. The number of ketones is 1. The summed E-state index contributed by atoms with van der Waals surface area (Å²) < 4.78 is 17.6. The number of rotatable bonds is 8. The fraction of sp³-hybridized carbons (Fsp3) is 0.622. The number of esters is 1. The van der Waals surface area contributed by atoms with Crippen LogP contribution in [0.15, 0.2) is 54.1 Å². The standard InChI is InChI=1S/C45H59NO8/c1-29-9-7-20-42(4)37(35-18-12-30(25-32(47)15-11-29)26-36(35)38(48)31-13-16-33(52-6)17-14-31)19-21-44(42,51)28-46(27-34-10-8-24-53-34)39(49)45-23-22-43(5,40(50)54-45)41(45,2)3/h9,12-14,16-18,26,32,34,37,47,51H,7-8,10-11,15,19-25,27-28H2,1-6H3. The predicted molar refractivity (Wildman–Crippen MR) is 205 cm³/mol. The number of fused-ring (bicyclic) bond motifs is 10. The third-order valence-corrected chi connectivity index (χ3v) is 14.9. The van der Waals surface area contributed by atoms with E-state index < -0.39 is 33.6 Å². The summed E-state index contributed by atoms with van der Waals surface area (Å²) in [4.78, 5) is 44.7. The molecule has 1 amide bonds. The zero-order chi connectivity index (χ0) is 38.7. The van der Waals surface area contributed by atoms with Crippen molar-refractivity contribution in [2.45, 2.75) is 135 Å². The van der Waals surface area contributed by atoms with E-state index >= 15 is 4.79 Å². The number of hydrogen-bond donors (Lipinski definition) is 2. The largest absolute Gasteiger partial charge is 0.497 e. The molecule has 2 saturated carbocycles. The lowest BCUT2D eigenvalue weighted by molar-refractivity contribution is -0.178. The average molecular weight is 742 g/mol. The van der Waals surface area contributed by atoms with E-state index in [0.717, 1.165) is 30.4 Å². The second-order valence-corrected chi connectivity index (χ2v) is 18.0. The minimum Gasteiger partial charge on any atom is -0.497 e. The van der Waals surface area contributed by atoms with Gasteiger partial charge >= 0.3 is 5.97 Å². The molecule has 4 aliphatic carbocycles. The number of benzene rings is 2. The number of nitrogens with zero attached hydrogens (tertiary/aromatic N) is 1. The first-order valence-electron chi connectivity index (χ1n) is 20.1. The summed E-state index contributed by atoms with van der Waals surface area (Å²) in [5, 5.41) is 24.3. The van der Waals surface area contributed by atoms with Gasteiger partial charge in [0, 0.05) is 35.1 Å². The number of amides is 1. The molecule has 2 heterocycles. The highest BCUT2D eigenvalue weighted by Gasteiger charge is 2.76. The summed E-state index contributed by atoms with van der Waals surface area (Å²) in [5.41, 5.74) is -0.807. The van der Waals surface area contributed by atoms with Crippen molar-refractivity contribution in [3.8, 4) is 5.75 Å². The Balaban J connectivity index is 1.30. The maximum Gasteiger partial charge on any atom is 0.313 e. The molecule has 9 nitrogen and oxygen atoms in total. The van der Waals surface area contributed by atoms with Crippen molar-refractivity contribution in [2.75, 3.05) is 26.8 Å². The molecule has 2 aliphatic heterocycles. The van der Waals surface area contributed by atoms with Gasteiger partial charge in [0.15, 0.2) is 11.4 Å². The van der Waals surface area contributed by atoms with Crippen LogP contribution in [0, 0.1) is 16.2 Å². The van der Waals surface area contributed by atoms with E-state index in [1.165, 1.54) is 5.57 Å². The van der Waals surface area contributed by atoms with Gasteiger partial charge in [0.05, 0.1) is 36.9 Å². The van der Waals surface area contributed by atoms with Gasteiger partial charge < -0.3 is 29.3 Å². The van der Waals surface area contributed by atoms with E-state index in [-0.39, 0.29) is 36.2 Å². The maximum absolute atomic E-state index is 15.1. The molecule has 54 heavy (non-hydrogen) atoms. The topological polar surface area (TPSA) is 123 Å². The first-order chi connectivity index (χ1) is 25.6. The highest BCUT2D eigenvalue weighted by Crippen LogP contribution is 2.66. The third-order valence-electron chi connectivity index (χ3n) is 14.9. The molecule has 7 unspecified atom stereocenters. The van der Waals surface area contributed by atoms with Gasteiger partial charge in [-0.3, -0.25) is 14.4 Å². The molecular weight excluding hydrogens is 682 g/mol. The van der Waals surface area contributed by atoms with Crippen LogP contribution in [0.4, 0.5) is 0 Å². The van der Waals surface area contributed by atoms with Crippen LogP contribution < -0.4 is 4.74 Å². The van der Waals surface area contributed by atoms with E-state index in [2.05, 4.69) is 19.9 Å². The summed E-state index contributed by atoms with van der Waals surface area (Å²) in [5.74, 6) is -0.228. The minimum atomic E-state index is -1.33. The fourth-order valence-corrected chi connectivity index (χ4v) is 10.6. The van der Waals surface area contributed by atoms with Gasteiger partial charge in [0.25, 0.3) is 5.91 Å². The van der Waals surface area contributed by atoms with Crippen LogP contribution in [-0.2, 0) is 25.5 Å². The maximum atomic E-state index is 15.1. The number of aliphatic hydroxyl groups excluding tert-OH is 1. The molecule has 2 aromatic rings. The van der Waals surface area contributed by atoms with E-state index in [1.54, 1.807) is 36.3 Å². The molecule has 7 atom stereocenters. The van der Waals surface area contributed by atoms with Crippen LogP contribution >= 0.6 is 0 Å². The van der Waals surface area contributed by atoms with Gasteiger partial charge in [0.1, 0.15) is 5.75 Å². The molecule has 292 valence electrons. The van der Waals surface area contributed by atoms with Crippen LogP contribution in [0.2, 0.25) is 0 Å². The molecule has 2 aromatic carbocycles. The molecule has 6 aliphatic rings. The number of allylic oxidation sites excluding steroid dienone is 2. The lowest BCUT2D eigenvalue weighted by Gasteiger charge is -2.48. The highest BCUT2D eigenvalue weighted by molar-refractivity contribution is 6.10. The van der Waals surface area contributed by atoms with Gasteiger partial charge in [-0.15, -0.1) is 0 Å². The Bertz CT molecular complexity index is 1810. The molecule has 4 fully saturated rings. The average Bonchev–Trinajstić information content (AvgIpc) is 3.84. The van der Waals surface area contributed by atoms with Crippen molar-refractivity contribution in [2.24, 2.45) is 16.2 Å². The molecule has 2 saturated heterocycles. The third kappa shape index (κ3) is 6.22. The van der Waals surface area contributed by atoms with Crippen LogP contribution in [0.1, 0.15) is 132 Å². The molecule has 2 N–H and O–H groups in total. The molecule has 4 bridgehead atoms. The second-order valence-electron chi connectivity index (χ2n) is 18.0. The normalized spacial score (nSPS) is 34.6. The van der Waals surface area contributed by atoms with E-state index in [4.69, 9.17) is 14.2 Å². The number of hydrogen-bond acceptors (Lipinski definition) is 8. The SMILES string of the molecule is COc1ccc(C(=O)c2cc3ccc2C2CCC(O)(CN(CC4CCCO4)C(=O)C45CCC(C)(C(=O)O4)C5(C)C)C2(C)CCC=C(C)CCC(O)C3)cc1. The van der Waals surface area contributed by atoms with Crippen molar-refractivity contribution in [1.82, 2.24) is 4.90 Å². The Hall–Kier alpha value is -3.53. The van der Waals surface area contributed by atoms with Crippen LogP contribution in [0.5, 0.6) is 5.75 Å². The van der Waals surface area contributed by atoms with Crippen LogP contribution in [0.25, 0.3) is 0 Å². The zero-order valence-corrected chi connectivity index (χ0v) is 33.0. The van der Waals surface area contributed by atoms with Gasteiger partial charge in [-0.2, -0.15) is 0 Å². The zero-order valence-electron chi connectivity index (χ0n) is 33.0. The first-order valence-corrected chi connectivity index (χ1v) is 20.1. The minimum absolute atomic E-state index is 0.0690. The monoisotopic (exact) mass is 741 g/mol. The summed E-state index contributed by atoms with van der Waals surface area (Å²) in [6.45, 7) is 11.1. The Morgan fingerprint density at radius 1 is 0.981 bits per heavy atom. The summed E-state index contributed by atoms with van der Waals surface area (Å²) in [7, 11) is 1.60. The quantitative estimate of drug-likeness (QED) is 0.167. The number of methoxy groups -OCH3 is 1. The van der Waals surface area contributed by atoms with Gasteiger partial charge in [0.2, 0.25) is 0 Å². The summed E-state index contributed by atoms with van der Waals surface area (Å²) in [6, 6.07) is 13.1. The summed E-state index contributed by atoms with van der Waals surface area (Å²) >= 11 is 0. The van der Waals surface area contributed by atoms with Crippen molar-refractivity contribution in [3.05, 3.63) is 76.4 Å². The summed E-state index contributed by atoms with van der Waals surface area (Å²) in [6.07, 6.45) is 8.42. The van der Waals surface area contributed by atoms with Gasteiger partial charge in [-0.25, -0.2) is 0 Å². The number of aliphatic hydroxyl groups is 2. The Morgan fingerprint density at radius 2 is 1.74 bits per heavy atom. The van der Waals surface area contributed by atoms with Crippen LogP contribution in [-0.4, -0.2) is 83.0 Å². The Kier molecular flexibility index (Phi) is 10.2. The first kappa shape index (κ1) is 38.7. The number of carbonyl (C=O) groups is 3. The van der Waals surface area contributed by atoms with Crippen LogP contribution in [0.3, 0.4) is 0 Å². The lowest BCUT2D eigenvalue weighted by atomic mass is 9.64. The molecule has 8 rings (SSSR count). The molecule has 0 aromatic heterocycles. The van der Waals surface area contributed by atoms with Gasteiger partial charge in [-0.1, -0.05) is 44.6 Å². The number of ether oxygens (including phenoxy) is 3. The van der Waals surface area contributed by atoms with Gasteiger partial charge in [-0.05, 0) is 132 Å². The van der Waals surface area contributed by atoms with E-state index in [0.29, 0.717) is 81.4 Å². The lowest BCUT2D eigenvalue weighted by Crippen LogP contribution is -2.61. The molecule has 0 radical (unpaired) electrons. The molecule has 0 spiro atoms. The predicted octanol–water partition coefficient (Wildman–Crippen LogP) is 7.09.